The molecule has 6 nitrogen and oxygen atoms in total. The summed E-state index contributed by atoms with van der Waals surface area (Å²) in [5, 5.41) is 3.14. The quantitative estimate of drug-likeness (QED) is 0.162. The van der Waals surface area contributed by atoms with E-state index in [1.165, 1.54) is 0 Å². The smallest absolute Gasteiger partial charge is 0.135 e. The van der Waals surface area contributed by atoms with Crippen molar-refractivity contribution in [2.24, 2.45) is 0 Å². The molecule has 7 heteroatoms. The van der Waals surface area contributed by atoms with E-state index in [9.17, 15) is 9.60 Å². The van der Waals surface area contributed by atoms with Gasteiger partial charge in [0.05, 0.1) is 9.60 Å². The van der Waals surface area contributed by atoms with Crippen LogP contribution in [0, 0.1) is 19.0 Å². The van der Waals surface area contributed by atoms with Gasteiger partial charge in [0.1, 0.15) is 16.8 Å². The molecule has 0 unspecified atom stereocenters. The first-order valence-corrected chi connectivity index (χ1v) is 23.3. The number of aryl methyl sites for hydroxylation is 1. The van der Waals surface area contributed by atoms with E-state index in [1.807, 2.05) is 63.6 Å². The van der Waals surface area contributed by atoms with Crippen LogP contribution in [-0.4, -0.2) is 18.5 Å². The van der Waals surface area contributed by atoms with E-state index in [2.05, 4.69) is 45.0 Å². The first kappa shape index (κ1) is 34.9. The van der Waals surface area contributed by atoms with Gasteiger partial charge in [0.2, 0.25) is 0 Å². The molecule has 0 spiro atoms. The molecule has 6 heterocycles. The zero-order valence-corrected chi connectivity index (χ0v) is 41.4. The van der Waals surface area contributed by atoms with Crippen molar-refractivity contribution >= 4 is 82.4 Å². The third kappa shape index (κ3) is 7.80. The number of fused-ring (bicyclic) bond motifs is 5. The van der Waals surface area contributed by atoms with Crippen molar-refractivity contribution in [3.63, 3.8) is 0 Å². The summed E-state index contributed by atoms with van der Waals surface area (Å²) in [5.74, 6) is 0. The maximum Gasteiger partial charge on any atom is 0.135 e. The van der Waals surface area contributed by atoms with Gasteiger partial charge in [-0.1, -0.05) is 166 Å². The molecule has 0 atom stereocenters. The molecule has 0 radical (unpaired) electrons. The van der Waals surface area contributed by atoms with E-state index in [0.29, 0.717) is 72.1 Å². The molecule has 0 aliphatic carbocycles. The largest absolute Gasteiger partial charge is 0.510 e. The Morgan fingerprint density at radius 2 is 1.35 bits per heavy atom. The molecule has 5 aromatic heterocycles. The van der Waals surface area contributed by atoms with Gasteiger partial charge in [0.25, 0.3) is 0 Å². The fourth-order valence-electron chi connectivity index (χ4n) is 9.52. The van der Waals surface area contributed by atoms with Gasteiger partial charge in [-0.3, -0.25) is 0 Å². The van der Waals surface area contributed by atoms with Crippen molar-refractivity contribution in [1.82, 2.24) is 18.5 Å². The molecule has 14 aromatic rings. The zero-order valence-electron chi connectivity index (χ0n) is 49.1. The van der Waals surface area contributed by atoms with Crippen LogP contribution in [0.2, 0.25) is 0 Å². The third-order valence-electron chi connectivity index (χ3n) is 13.1. The van der Waals surface area contributed by atoms with Crippen LogP contribution in [0.1, 0.15) is 45.6 Å². The number of para-hydroxylation sites is 4. The van der Waals surface area contributed by atoms with E-state index in [-0.39, 0.29) is 77.8 Å². The predicted molar refractivity (Wildman–Crippen MR) is 293 cm³/mol. The Kier molecular flexibility index (Phi) is 8.64. The SMILES string of the molecule is [2H]c1c([2H])c(-c2c([2H])c([2H])c([2H])c3c4ccc(cc4)oc4ccccc4c4cnc(cc4C([2H])([2H])[2H])n4c5[c-]c(ccc5c5cc(C(C)(C)C)ccc54)oc4[c-]c(ccc4)n4[cH-]n(c23)-c2ccccc2-4)c([2H])c([2H])c1-c1ccccc1.[Pt]. The molecule has 1 aliphatic rings. The van der Waals surface area contributed by atoms with Crippen LogP contribution in [0.3, 0.4) is 0 Å². The van der Waals surface area contributed by atoms with Crippen molar-refractivity contribution in [3.8, 4) is 33.6 Å². The standard InChI is InChI=1S/C65H47N4O2.Pt/c1-42-36-63-66-40-57(42)55-18-8-11-23-62(55)71-49-31-28-46(29-32-49)53-20-13-19-52(45-26-24-44(25-27-45)43-14-6-5-7-15-43)64(53)68-41-67(59-21-9-10-22-60(59)68)48-16-12-17-50(38-48)70-51-33-34-54-56-37-47(65(2,3)4)30-35-58(56)69(63)61(54)39-51;/h5-37,40-41H,1-4H3;/q-3;/i1D3,13D,19D,20D,24D,25D,26D,27D;. The molecule has 9 aromatic carbocycles. The maximum atomic E-state index is 9.72. The first-order valence-electron chi connectivity index (χ1n) is 28.3. The summed E-state index contributed by atoms with van der Waals surface area (Å²) in [5.41, 5.74) is 6.26. The topological polar surface area (TPSA) is 53.4 Å². The molecule has 1 aliphatic heterocycles. The van der Waals surface area contributed by atoms with E-state index < -0.39 is 31.0 Å². The molecule has 15 rings (SSSR count). The summed E-state index contributed by atoms with van der Waals surface area (Å²) in [7, 11) is 0. The van der Waals surface area contributed by atoms with E-state index in [1.54, 1.807) is 108 Å². The Bertz CT molecular complexity index is 4910. The van der Waals surface area contributed by atoms with E-state index in [0.717, 1.165) is 21.9 Å². The van der Waals surface area contributed by atoms with Gasteiger partial charge in [-0.2, -0.15) is 24.3 Å². The van der Waals surface area contributed by atoms with Crippen molar-refractivity contribution in [2.75, 3.05) is 0 Å². The summed E-state index contributed by atoms with van der Waals surface area (Å²) >= 11 is 0. The molecule has 352 valence electrons. The van der Waals surface area contributed by atoms with Gasteiger partial charge >= 0.3 is 0 Å². The van der Waals surface area contributed by atoms with Crippen LogP contribution in [0.25, 0.3) is 116 Å². The van der Waals surface area contributed by atoms with Crippen LogP contribution in [0.4, 0.5) is 0 Å². The van der Waals surface area contributed by atoms with Crippen LogP contribution >= 0.6 is 0 Å². The van der Waals surface area contributed by atoms with Gasteiger partial charge in [-0.25, -0.2) is 4.98 Å². The Morgan fingerprint density at radius 3 is 2.15 bits per heavy atom. The number of nitrogens with zero attached hydrogens (tertiary/aromatic N) is 4. The number of hydrogen-bond acceptors (Lipinski definition) is 3. The minimum absolute atomic E-state index is 0. The first-order chi connectivity index (χ1) is 38.8. The third-order valence-corrected chi connectivity index (χ3v) is 13.1. The van der Waals surface area contributed by atoms with Crippen molar-refractivity contribution < 1.29 is 43.6 Å². The van der Waals surface area contributed by atoms with Gasteiger partial charge in [0, 0.05) is 65.2 Å². The molecular formula is C65H47N4O2Pt-3. The molecule has 10 bridgehead atoms. The average Bonchev–Trinajstić information content (AvgIpc) is 4.05. The second-order valence-electron chi connectivity index (χ2n) is 18.5. The number of imidazole rings is 1. The Morgan fingerprint density at radius 1 is 0.597 bits per heavy atom. The van der Waals surface area contributed by atoms with Gasteiger partial charge < -0.3 is 22.4 Å². The number of pyridine rings is 1. The second kappa shape index (κ2) is 17.8. The molecule has 0 N–H and O–H groups in total. The number of aromatic nitrogens is 4. The zero-order chi connectivity index (χ0) is 56.4. The molecule has 72 heavy (non-hydrogen) atoms. The summed E-state index contributed by atoms with van der Waals surface area (Å²) < 4.78 is 112. The van der Waals surface area contributed by atoms with E-state index in [4.69, 9.17) is 17.9 Å². The molecule has 0 fully saturated rings. The molecule has 0 saturated carbocycles. The second-order valence-corrected chi connectivity index (χ2v) is 18.5. The number of rotatable bonds is 2. The minimum atomic E-state index is -2.61. The van der Waals surface area contributed by atoms with Gasteiger partial charge in [0.15, 0.2) is 0 Å². The van der Waals surface area contributed by atoms with Crippen LogP contribution in [-0.2, 0) is 26.5 Å². The fourth-order valence-corrected chi connectivity index (χ4v) is 9.52. The normalized spacial score (nSPS) is 13.9. The summed E-state index contributed by atoms with van der Waals surface area (Å²) in [6, 6.07) is 51.4. The van der Waals surface area contributed by atoms with Crippen LogP contribution in [0.5, 0.6) is 0 Å². The summed E-state index contributed by atoms with van der Waals surface area (Å²) in [6.45, 7) is 3.85. The number of benzene rings is 9. The number of hydrogen-bond donors (Lipinski definition) is 0. The Labute approximate surface area is 445 Å². The fraction of sp³-hybridized carbons (Fsp3) is 0.0769. The Hall–Kier alpha value is -8.31. The van der Waals surface area contributed by atoms with E-state index >= 15 is 0 Å². The minimum Gasteiger partial charge on any atom is -0.510 e. The van der Waals surface area contributed by atoms with Crippen molar-refractivity contribution in [2.45, 2.75) is 33.0 Å². The predicted octanol–water partition coefficient (Wildman–Crippen LogP) is 17.2. The molecule has 0 amide bonds. The van der Waals surface area contributed by atoms with Crippen molar-refractivity contribution in [3.05, 3.63) is 236 Å². The monoisotopic (exact) mass is 1120 g/mol. The van der Waals surface area contributed by atoms with Crippen LogP contribution in [0.15, 0.2) is 221 Å². The summed E-state index contributed by atoms with van der Waals surface area (Å²) in [4.78, 5) is 5.00. The average molecular weight is 1120 g/mol. The van der Waals surface area contributed by atoms with Crippen LogP contribution < -0.4 is 0 Å². The van der Waals surface area contributed by atoms with Gasteiger partial charge in [-0.15, -0.1) is 29.1 Å². The van der Waals surface area contributed by atoms with Gasteiger partial charge in [-0.05, 0) is 109 Å². The molecule has 0 saturated heterocycles. The molecular weight excluding hydrogens is 1060 g/mol. The Balaban J connectivity index is 0.00000665. The summed E-state index contributed by atoms with van der Waals surface area (Å²) in [6.07, 6.45) is 3.33. The van der Waals surface area contributed by atoms with Crippen molar-refractivity contribution in [1.29, 1.82) is 0 Å². The maximum absolute atomic E-state index is 9.72.